The molecule has 1 unspecified atom stereocenters. The van der Waals surface area contributed by atoms with Gasteiger partial charge in [0.2, 0.25) is 0 Å². The minimum Gasteiger partial charge on any atom is -0.494 e. The van der Waals surface area contributed by atoms with Crippen LogP contribution in [-0.2, 0) is 0 Å². The van der Waals surface area contributed by atoms with Gasteiger partial charge in [-0.25, -0.2) is 0 Å². The first kappa shape index (κ1) is 13.4. The van der Waals surface area contributed by atoms with Crippen LogP contribution in [0.25, 0.3) is 0 Å². The fourth-order valence-electron chi connectivity index (χ4n) is 1.54. The van der Waals surface area contributed by atoms with E-state index in [0.29, 0.717) is 6.61 Å². The Labute approximate surface area is 102 Å². The number of benzene rings is 1. The summed E-state index contributed by atoms with van der Waals surface area (Å²) in [6.07, 6.45) is 3.62. The monoisotopic (exact) mass is 240 g/mol. The van der Waals surface area contributed by atoms with Crippen LogP contribution >= 0.6 is 11.8 Å². The summed E-state index contributed by atoms with van der Waals surface area (Å²) in [4.78, 5) is 0. The summed E-state index contributed by atoms with van der Waals surface area (Å²) in [7, 11) is 0. The summed E-state index contributed by atoms with van der Waals surface area (Å²) in [6, 6.07) is 7.71. The lowest BCUT2D eigenvalue weighted by molar-refractivity contribution is 0.167. The molecule has 90 valence electrons. The minimum absolute atomic E-state index is 0.345. The van der Waals surface area contributed by atoms with Crippen LogP contribution < -0.4 is 4.74 Å². The summed E-state index contributed by atoms with van der Waals surface area (Å²) in [5.41, 5.74) is 0.976. The first-order valence-corrected chi connectivity index (χ1v) is 7.07. The van der Waals surface area contributed by atoms with Crippen molar-refractivity contribution in [3.63, 3.8) is 0 Å². The Kier molecular flexibility index (Phi) is 6.34. The third-order valence-electron chi connectivity index (χ3n) is 2.40. The Morgan fingerprint density at radius 3 is 2.56 bits per heavy atom. The lowest BCUT2D eigenvalue weighted by Gasteiger charge is -2.11. The first-order chi connectivity index (χ1) is 7.77. The maximum Gasteiger partial charge on any atom is 0.119 e. The molecule has 0 radical (unpaired) electrons. The van der Waals surface area contributed by atoms with Gasteiger partial charge in [-0.2, -0.15) is 11.8 Å². The normalized spacial score (nSPS) is 12.4. The summed E-state index contributed by atoms with van der Waals surface area (Å²) in [6.45, 7) is 2.64. The summed E-state index contributed by atoms with van der Waals surface area (Å²) in [5.74, 6) is 1.97. The first-order valence-electron chi connectivity index (χ1n) is 5.67. The van der Waals surface area contributed by atoms with Gasteiger partial charge in [-0.15, -0.1) is 0 Å². The van der Waals surface area contributed by atoms with E-state index in [2.05, 4.69) is 6.26 Å². The van der Waals surface area contributed by atoms with Crippen LogP contribution in [0.1, 0.15) is 31.4 Å². The van der Waals surface area contributed by atoms with Gasteiger partial charge in [0.05, 0.1) is 12.7 Å². The Hall–Kier alpha value is -0.670. The lowest BCUT2D eigenvalue weighted by atomic mass is 10.1. The van der Waals surface area contributed by atoms with Crippen LogP contribution in [0.5, 0.6) is 5.75 Å². The van der Waals surface area contributed by atoms with E-state index in [0.717, 1.165) is 29.9 Å². The number of hydrogen-bond donors (Lipinski definition) is 1. The molecule has 0 aromatic heterocycles. The van der Waals surface area contributed by atoms with E-state index in [9.17, 15) is 5.11 Å². The Morgan fingerprint density at radius 1 is 1.31 bits per heavy atom. The Balaban J connectivity index is 2.46. The number of aliphatic hydroxyl groups excluding tert-OH is 1. The quantitative estimate of drug-likeness (QED) is 0.742. The number of thioether (sulfide) groups is 1. The smallest absolute Gasteiger partial charge is 0.119 e. The molecule has 0 aliphatic carbocycles. The highest BCUT2D eigenvalue weighted by molar-refractivity contribution is 7.98. The molecular formula is C13H20O2S. The van der Waals surface area contributed by atoms with Gasteiger partial charge >= 0.3 is 0 Å². The second-order valence-corrected chi connectivity index (χ2v) is 4.64. The Bertz CT molecular complexity index is 284. The zero-order valence-corrected chi connectivity index (χ0v) is 10.8. The number of rotatable bonds is 7. The number of ether oxygens (including phenoxy) is 1. The molecule has 16 heavy (non-hydrogen) atoms. The molecule has 3 heteroatoms. The molecule has 0 saturated heterocycles. The van der Waals surface area contributed by atoms with Crippen molar-refractivity contribution < 1.29 is 9.84 Å². The van der Waals surface area contributed by atoms with E-state index in [1.54, 1.807) is 0 Å². The van der Waals surface area contributed by atoms with E-state index >= 15 is 0 Å². The van der Waals surface area contributed by atoms with E-state index in [4.69, 9.17) is 4.74 Å². The fraction of sp³-hybridized carbons (Fsp3) is 0.538. The van der Waals surface area contributed by atoms with Gasteiger partial charge < -0.3 is 9.84 Å². The largest absolute Gasteiger partial charge is 0.494 e. The maximum atomic E-state index is 9.92. The summed E-state index contributed by atoms with van der Waals surface area (Å²) in [5, 5.41) is 9.92. The summed E-state index contributed by atoms with van der Waals surface area (Å²) < 4.78 is 5.35. The van der Waals surface area contributed by atoms with Crippen molar-refractivity contribution in [3.05, 3.63) is 29.8 Å². The topological polar surface area (TPSA) is 29.5 Å². The molecule has 1 N–H and O–H groups in total. The molecule has 0 aliphatic rings. The average molecular weight is 240 g/mol. The van der Waals surface area contributed by atoms with Gasteiger partial charge in [-0.3, -0.25) is 0 Å². The predicted molar refractivity (Wildman–Crippen MR) is 70.2 cm³/mol. The fourth-order valence-corrected chi connectivity index (χ4v) is 2.00. The molecule has 1 aromatic carbocycles. The van der Waals surface area contributed by atoms with Crippen molar-refractivity contribution in [2.75, 3.05) is 18.6 Å². The maximum absolute atomic E-state index is 9.92. The van der Waals surface area contributed by atoms with Crippen molar-refractivity contribution in [1.29, 1.82) is 0 Å². The molecule has 2 nitrogen and oxygen atoms in total. The van der Waals surface area contributed by atoms with Crippen LogP contribution in [0.15, 0.2) is 24.3 Å². The third kappa shape index (κ3) is 4.45. The zero-order valence-electron chi connectivity index (χ0n) is 9.98. The van der Waals surface area contributed by atoms with E-state index in [1.165, 1.54) is 0 Å². The lowest BCUT2D eigenvalue weighted by Crippen LogP contribution is -1.98. The van der Waals surface area contributed by atoms with Crippen molar-refractivity contribution in [3.8, 4) is 5.75 Å². The van der Waals surface area contributed by atoms with Crippen LogP contribution in [0.3, 0.4) is 0 Å². The molecular weight excluding hydrogens is 220 g/mol. The number of aliphatic hydroxyl groups is 1. The number of hydrogen-bond acceptors (Lipinski definition) is 3. The van der Waals surface area contributed by atoms with Gasteiger partial charge in [0.1, 0.15) is 5.75 Å². The molecule has 0 bridgehead atoms. The average Bonchev–Trinajstić information content (AvgIpc) is 2.30. The molecule has 0 fully saturated rings. The van der Waals surface area contributed by atoms with Gasteiger partial charge in [-0.05, 0) is 49.5 Å². The molecule has 1 aromatic rings. The van der Waals surface area contributed by atoms with E-state index in [-0.39, 0.29) is 6.10 Å². The van der Waals surface area contributed by atoms with Crippen LogP contribution in [0, 0.1) is 0 Å². The van der Waals surface area contributed by atoms with E-state index in [1.807, 2.05) is 43.0 Å². The van der Waals surface area contributed by atoms with Crippen LogP contribution in [-0.4, -0.2) is 23.7 Å². The van der Waals surface area contributed by atoms with Crippen LogP contribution in [0.4, 0.5) is 0 Å². The second kappa shape index (κ2) is 7.58. The summed E-state index contributed by atoms with van der Waals surface area (Å²) >= 11 is 1.82. The highest BCUT2D eigenvalue weighted by Crippen LogP contribution is 2.21. The second-order valence-electron chi connectivity index (χ2n) is 3.65. The van der Waals surface area contributed by atoms with Gasteiger partial charge in [0.15, 0.2) is 0 Å². The van der Waals surface area contributed by atoms with Crippen molar-refractivity contribution >= 4 is 11.8 Å². The molecule has 1 rings (SSSR count). The van der Waals surface area contributed by atoms with Gasteiger partial charge in [-0.1, -0.05) is 12.1 Å². The van der Waals surface area contributed by atoms with Gasteiger partial charge in [0, 0.05) is 0 Å². The van der Waals surface area contributed by atoms with E-state index < -0.39 is 0 Å². The standard InChI is InChI=1S/C13H20O2S/c1-3-15-12-8-6-11(7-9-12)13(14)5-4-10-16-2/h6-9,13-14H,3-5,10H2,1-2H3. The third-order valence-corrected chi connectivity index (χ3v) is 3.10. The van der Waals surface area contributed by atoms with Gasteiger partial charge in [0.25, 0.3) is 0 Å². The van der Waals surface area contributed by atoms with Crippen molar-refractivity contribution in [2.45, 2.75) is 25.9 Å². The van der Waals surface area contributed by atoms with Crippen molar-refractivity contribution in [1.82, 2.24) is 0 Å². The minimum atomic E-state index is -0.345. The molecule has 0 spiro atoms. The molecule has 0 saturated carbocycles. The molecule has 0 heterocycles. The Morgan fingerprint density at radius 2 is 2.00 bits per heavy atom. The highest BCUT2D eigenvalue weighted by Gasteiger charge is 2.06. The van der Waals surface area contributed by atoms with Crippen LogP contribution in [0.2, 0.25) is 0 Å². The highest BCUT2D eigenvalue weighted by atomic mass is 32.2. The molecule has 0 amide bonds. The molecule has 0 aliphatic heterocycles. The predicted octanol–water partition coefficient (Wildman–Crippen LogP) is 3.26. The molecule has 1 atom stereocenters. The SMILES string of the molecule is CCOc1ccc(C(O)CCCSC)cc1. The zero-order chi connectivity index (χ0) is 11.8. The van der Waals surface area contributed by atoms with Crippen molar-refractivity contribution in [2.24, 2.45) is 0 Å².